The average Bonchev–Trinajstić information content (AvgIpc) is 2.96. The van der Waals surface area contributed by atoms with E-state index in [1.807, 2.05) is 22.9 Å². The molecule has 4 nitrogen and oxygen atoms in total. The van der Waals surface area contributed by atoms with Crippen LogP contribution in [-0.4, -0.2) is 10.9 Å². The minimum atomic E-state index is -0.585. The highest BCUT2D eigenvalue weighted by molar-refractivity contribution is 7.10. The van der Waals surface area contributed by atoms with Crippen LogP contribution in [-0.2, 0) is 11.3 Å². The molecule has 0 aromatic carbocycles. The predicted octanol–water partition coefficient (Wildman–Crippen LogP) is 1.52. The fraction of sp³-hybridized carbons (Fsp3) is 0.200. The van der Waals surface area contributed by atoms with E-state index in [1.165, 1.54) is 22.7 Å². The summed E-state index contributed by atoms with van der Waals surface area (Å²) >= 11 is 2.99. The summed E-state index contributed by atoms with van der Waals surface area (Å²) in [7, 11) is 0. The van der Waals surface area contributed by atoms with Crippen LogP contribution in [0, 0.1) is 0 Å². The van der Waals surface area contributed by atoms with Gasteiger partial charge in [0.05, 0.1) is 17.7 Å². The van der Waals surface area contributed by atoms with Gasteiger partial charge in [0, 0.05) is 10.3 Å². The van der Waals surface area contributed by atoms with Crippen molar-refractivity contribution >= 4 is 28.6 Å². The van der Waals surface area contributed by atoms with Gasteiger partial charge in [-0.05, 0) is 11.4 Å². The minimum absolute atomic E-state index is 0.171. The van der Waals surface area contributed by atoms with Crippen LogP contribution in [0.5, 0.6) is 0 Å². The van der Waals surface area contributed by atoms with Crippen LogP contribution < -0.4 is 11.1 Å². The van der Waals surface area contributed by atoms with E-state index in [-0.39, 0.29) is 5.91 Å². The summed E-state index contributed by atoms with van der Waals surface area (Å²) in [4.78, 5) is 16.6. The van der Waals surface area contributed by atoms with Gasteiger partial charge >= 0.3 is 0 Å². The summed E-state index contributed by atoms with van der Waals surface area (Å²) < 4.78 is 0. The number of thiazole rings is 1. The van der Waals surface area contributed by atoms with Gasteiger partial charge in [0.15, 0.2) is 0 Å². The molecule has 84 valence electrons. The summed E-state index contributed by atoms with van der Waals surface area (Å²) in [5, 5.41) is 6.57. The molecule has 1 amide bonds. The van der Waals surface area contributed by atoms with Gasteiger partial charge in [0.1, 0.15) is 6.04 Å². The summed E-state index contributed by atoms with van der Waals surface area (Å²) in [6.07, 6.45) is 0. The molecule has 2 aromatic heterocycles. The minimum Gasteiger partial charge on any atom is -0.349 e. The lowest BCUT2D eigenvalue weighted by atomic mass is 10.2. The first-order valence-corrected chi connectivity index (χ1v) is 6.53. The van der Waals surface area contributed by atoms with E-state index in [1.54, 1.807) is 5.51 Å². The number of carbonyl (C=O) groups is 1. The van der Waals surface area contributed by atoms with Crippen LogP contribution in [0.3, 0.4) is 0 Å². The number of aromatic nitrogens is 1. The second-order valence-electron chi connectivity index (χ2n) is 3.19. The molecule has 0 spiro atoms. The van der Waals surface area contributed by atoms with Crippen LogP contribution in [0.1, 0.15) is 16.6 Å². The number of nitrogens with one attached hydrogen (secondary N) is 1. The number of hydrogen-bond donors (Lipinski definition) is 2. The molecule has 0 saturated heterocycles. The highest BCUT2D eigenvalue weighted by Gasteiger charge is 2.16. The zero-order chi connectivity index (χ0) is 11.4. The molecular formula is C10H11N3OS2. The van der Waals surface area contributed by atoms with Gasteiger partial charge in [-0.25, -0.2) is 4.98 Å². The molecule has 3 N–H and O–H groups in total. The lowest BCUT2D eigenvalue weighted by molar-refractivity contribution is -0.122. The quantitative estimate of drug-likeness (QED) is 0.868. The highest BCUT2D eigenvalue weighted by atomic mass is 32.1. The Bertz CT molecular complexity index is 439. The largest absolute Gasteiger partial charge is 0.349 e. The van der Waals surface area contributed by atoms with E-state index in [0.29, 0.717) is 6.54 Å². The smallest absolute Gasteiger partial charge is 0.242 e. The van der Waals surface area contributed by atoms with E-state index in [2.05, 4.69) is 10.3 Å². The molecule has 0 saturated carbocycles. The van der Waals surface area contributed by atoms with Gasteiger partial charge < -0.3 is 11.1 Å². The van der Waals surface area contributed by atoms with Crippen LogP contribution in [0.15, 0.2) is 28.4 Å². The first-order valence-electron chi connectivity index (χ1n) is 4.71. The fourth-order valence-electron chi connectivity index (χ4n) is 1.21. The van der Waals surface area contributed by atoms with E-state index in [0.717, 1.165) is 10.6 Å². The van der Waals surface area contributed by atoms with Gasteiger partial charge in [0.2, 0.25) is 5.91 Å². The first kappa shape index (κ1) is 11.3. The first-order chi connectivity index (χ1) is 7.77. The van der Waals surface area contributed by atoms with E-state index < -0.39 is 6.04 Å². The van der Waals surface area contributed by atoms with Crippen molar-refractivity contribution in [2.75, 3.05) is 0 Å². The second kappa shape index (κ2) is 5.20. The van der Waals surface area contributed by atoms with Gasteiger partial charge in [-0.2, -0.15) is 0 Å². The summed E-state index contributed by atoms with van der Waals surface area (Å²) in [6, 6.07) is 3.16. The Labute approximate surface area is 101 Å². The molecule has 1 unspecified atom stereocenters. The summed E-state index contributed by atoms with van der Waals surface area (Å²) in [6.45, 7) is 0.432. The van der Waals surface area contributed by atoms with Gasteiger partial charge in [0.25, 0.3) is 0 Å². The van der Waals surface area contributed by atoms with Crippen molar-refractivity contribution < 1.29 is 4.79 Å². The molecule has 2 aromatic rings. The van der Waals surface area contributed by atoms with Crippen molar-refractivity contribution in [2.45, 2.75) is 12.6 Å². The van der Waals surface area contributed by atoms with Gasteiger partial charge in [-0.1, -0.05) is 6.07 Å². The standard InChI is InChI=1S/C10H11N3OS2/c11-9(8-2-1-3-16-8)10(14)12-4-7-5-15-6-13-7/h1-3,5-6,9H,4,11H2,(H,12,14). The molecule has 0 radical (unpaired) electrons. The lowest BCUT2D eigenvalue weighted by Gasteiger charge is -2.09. The third kappa shape index (κ3) is 2.66. The molecule has 2 heterocycles. The van der Waals surface area contributed by atoms with Crippen LogP contribution in [0.4, 0.5) is 0 Å². The Kier molecular flexibility index (Phi) is 3.66. The SMILES string of the molecule is NC(C(=O)NCc1cscn1)c1cccs1. The molecule has 0 bridgehead atoms. The number of amides is 1. The molecule has 1 atom stereocenters. The maximum atomic E-state index is 11.7. The molecule has 16 heavy (non-hydrogen) atoms. The number of nitrogens with two attached hydrogens (primary N) is 1. The number of nitrogens with zero attached hydrogens (tertiary/aromatic N) is 1. The van der Waals surface area contributed by atoms with Crippen LogP contribution >= 0.6 is 22.7 Å². The summed E-state index contributed by atoms with van der Waals surface area (Å²) in [5.41, 5.74) is 8.40. The maximum absolute atomic E-state index is 11.7. The molecular weight excluding hydrogens is 242 g/mol. The summed E-state index contributed by atoms with van der Waals surface area (Å²) in [5.74, 6) is -0.171. The van der Waals surface area contributed by atoms with Gasteiger partial charge in [-0.3, -0.25) is 4.79 Å². The number of thiophene rings is 1. The van der Waals surface area contributed by atoms with Gasteiger partial charge in [-0.15, -0.1) is 22.7 Å². The van der Waals surface area contributed by atoms with Crippen molar-refractivity contribution in [1.82, 2.24) is 10.3 Å². The normalized spacial score (nSPS) is 12.3. The van der Waals surface area contributed by atoms with Crippen LogP contribution in [0.2, 0.25) is 0 Å². The zero-order valence-corrected chi connectivity index (χ0v) is 10.1. The second-order valence-corrected chi connectivity index (χ2v) is 4.89. The lowest BCUT2D eigenvalue weighted by Crippen LogP contribution is -2.33. The third-order valence-electron chi connectivity index (χ3n) is 2.06. The Morgan fingerprint density at radius 2 is 2.50 bits per heavy atom. The van der Waals surface area contributed by atoms with Crippen LogP contribution in [0.25, 0.3) is 0 Å². The molecule has 6 heteroatoms. The van der Waals surface area contributed by atoms with Crippen molar-refractivity contribution in [1.29, 1.82) is 0 Å². The molecule has 0 aliphatic heterocycles. The monoisotopic (exact) mass is 253 g/mol. The third-order valence-corrected chi connectivity index (χ3v) is 3.65. The van der Waals surface area contributed by atoms with Crippen molar-refractivity contribution in [2.24, 2.45) is 5.73 Å². The zero-order valence-electron chi connectivity index (χ0n) is 8.42. The Hall–Kier alpha value is -1.24. The highest BCUT2D eigenvalue weighted by Crippen LogP contribution is 2.16. The van der Waals surface area contributed by atoms with E-state index >= 15 is 0 Å². The molecule has 2 rings (SSSR count). The average molecular weight is 253 g/mol. The topological polar surface area (TPSA) is 68.0 Å². The molecule has 0 fully saturated rings. The number of hydrogen-bond acceptors (Lipinski definition) is 5. The Balaban J connectivity index is 1.89. The van der Waals surface area contributed by atoms with E-state index in [4.69, 9.17) is 5.73 Å². The van der Waals surface area contributed by atoms with Crippen molar-refractivity contribution in [3.05, 3.63) is 39.0 Å². The maximum Gasteiger partial charge on any atom is 0.242 e. The molecule has 0 aliphatic rings. The van der Waals surface area contributed by atoms with Crippen molar-refractivity contribution in [3.8, 4) is 0 Å². The van der Waals surface area contributed by atoms with E-state index in [9.17, 15) is 4.79 Å². The fourth-order valence-corrected chi connectivity index (χ4v) is 2.49. The Morgan fingerprint density at radius 3 is 3.12 bits per heavy atom. The predicted molar refractivity (Wildman–Crippen MR) is 65.2 cm³/mol. The Morgan fingerprint density at radius 1 is 1.62 bits per heavy atom. The molecule has 0 aliphatic carbocycles. The number of rotatable bonds is 4. The van der Waals surface area contributed by atoms with Crippen molar-refractivity contribution in [3.63, 3.8) is 0 Å². The number of carbonyl (C=O) groups excluding carboxylic acids is 1.